The van der Waals surface area contributed by atoms with Gasteiger partial charge in [0.25, 0.3) is 11.1 Å². The second-order valence-electron chi connectivity index (χ2n) is 11.1. The third kappa shape index (κ3) is 8.10. The molecule has 0 aliphatic carbocycles. The van der Waals surface area contributed by atoms with Crippen LogP contribution in [0.1, 0.15) is 49.9 Å². The van der Waals surface area contributed by atoms with Gasteiger partial charge in [0.05, 0.1) is 18.1 Å². The fraction of sp³-hybridized carbons (Fsp3) is 0.353. The Morgan fingerprint density at radius 1 is 0.786 bits per heavy atom. The summed E-state index contributed by atoms with van der Waals surface area (Å²) in [4.78, 5) is 27.2. The maximum atomic E-state index is 13.0. The van der Waals surface area contributed by atoms with Crippen LogP contribution in [0.2, 0.25) is 0 Å². The van der Waals surface area contributed by atoms with Gasteiger partial charge in [0.1, 0.15) is 31.3 Å². The fourth-order valence-corrected chi connectivity index (χ4v) is 5.18. The third-order valence-corrected chi connectivity index (χ3v) is 7.59. The SMILES string of the molecule is CCOc1cc(/C=C2\SC(=O)N(CCOc3cc(C)ccc3C)C2=O)ccc1OCCOc1ccc(C(C)(C)C)cc1. The molecule has 1 aliphatic heterocycles. The van der Waals surface area contributed by atoms with Crippen LogP contribution in [0.25, 0.3) is 6.08 Å². The summed E-state index contributed by atoms with van der Waals surface area (Å²) < 4.78 is 23.4. The lowest BCUT2D eigenvalue weighted by atomic mass is 9.87. The van der Waals surface area contributed by atoms with Crippen molar-refractivity contribution in [1.82, 2.24) is 4.90 Å². The van der Waals surface area contributed by atoms with Gasteiger partial charge in [-0.2, -0.15) is 0 Å². The summed E-state index contributed by atoms with van der Waals surface area (Å²) in [6.07, 6.45) is 1.70. The van der Waals surface area contributed by atoms with E-state index in [1.807, 2.05) is 63.2 Å². The van der Waals surface area contributed by atoms with E-state index >= 15 is 0 Å². The minimum absolute atomic E-state index is 0.0914. The van der Waals surface area contributed by atoms with Crippen LogP contribution < -0.4 is 18.9 Å². The molecule has 42 heavy (non-hydrogen) atoms. The molecule has 0 bridgehead atoms. The molecule has 222 valence electrons. The first-order chi connectivity index (χ1) is 20.0. The monoisotopic (exact) mass is 589 g/mol. The minimum Gasteiger partial charge on any atom is -0.491 e. The van der Waals surface area contributed by atoms with E-state index in [1.165, 1.54) is 10.5 Å². The Morgan fingerprint density at radius 2 is 1.50 bits per heavy atom. The number of thioether (sulfide) groups is 1. The Labute approximate surface area is 252 Å². The number of ether oxygens (including phenoxy) is 4. The molecule has 1 aliphatic rings. The van der Waals surface area contributed by atoms with Crippen LogP contribution >= 0.6 is 11.8 Å². The summed E-state index contributed by atoms with van der Waals surface area (Å²) in [5.74, 6) is 2.35. The summed E-state index contributed by atoms with van der Waals surface area (Å²) in [6, 6.07) is 19.5. The molecule has 0 unspecified atom stereocenters. The van der Waals surface area contributed by atoms with Crippen molar-refractivity contribution in [2.24, 2.45) is 0 Å². The van der Waals surface area contributed by atoms with Gasteiger partial charge in [-0.15, -0.1) is 0 Å². The van der Waals surface area contributed by atoms with Gasteiger partial charge in [0.15, 0.2) is 11.5 Å². The number of carbonyl (C=O) groups excluding carboxylic acids is 2. The number of carbonyl (C=O) groups is 2. The molecule has 4 rings (SSSR count). The molecule has 1 saturated heterocycles. The van der Waals surface area contributed by atoms with Crippen molar-refractivity contribution in [3.8, 4) is 23.0 Å². The minimum atomic E-state index is -0.333. The highest BCUT2D eigenvalue weighted by molar-refractivity contribution is 8.18. The Bertz CT molecular complexity index is 1440. The number of rotatable bonds is 12. The van der Waals surface area contributed by atoms with E-state index in [0.29, 0.717) is 36.2 Å². The molecule has 0 saturated carbocycles. The number of aryl methyl sites for hydroxylation is 2. The van der Waals surface area contributed by atoms with Crippen LogP contribution in [0.15, 0.2) is 65.6 Å². The molecule has 7 nitrogen and oxygen atoms in total. The highest BCUT2D eigenvalue weighted by atomic mass is 32.2. The van der Waals surface area contributed by atoms with E-state index in [1.54, 1.807) is 12.1 Å². The van der Waals surface area contributed by atoms with Gasteiger partial charge >= 0.3 is 0 Å². The summed E-state index contributed by atoms with van der Waals surface area (Å²) in [6.45, 7) is 14.0. The zero-order valence-corrected chi connectivity index (χ0v) is 26.0. The van der Waals surface area contributed by atoms with Crippen molar-refractivity contribution in [3.05, 3.63) is 87.8 Å². The Balaban J connectivity index is 1.33. The largest absolute Gasteiger partial charge is 0.491 e. The second kappa shape index (κ2) is 13.8. The Kier molecular flexibility index (Phi) is 10.2. The van der Waals surface area contributed by atoms with E-state index in [-0.39, 0.29) is 29.7 Å². The summed E-state index contributed by atoms with van der Waals surface area (Å²) in [5, 5.41) is -0.311. The van der Waals surface area contributed by atoms with Crippen molar-refractivity contribution >= 4 is 29.0 Å². The number of nitrogens with zero attached hydrogens (tertiary/aromatic N) is 1. The van der Waals surface area contributed by atoms with Gasteiger partial charge in [-0.25, -0.2) is 0 Å². The van der Waals surface area contributed by atoms with Crippen molar-refractivity contribution < 1.29 is 28.5 Å². The molecule has 8 heteroatoms. The van der Waals surface area contributed by atoms with Gasteiger partial charge in [-0.3, -0.25) is 14.5 Å². The van der Waals surface area contributed by atoms with Crippen molar-refractivity contribution in [1.29, 1.82) is 0 Å². The third-order valence-electron chi connectivity index (χ3n) is 6.69. The lowest BCUT2D eigenvalue weighted by Gasteiger charge is -2.19. The van der Waals surface area contributed by atoms with Crippen LogP contribution in [-0.4, -0.2) is 49.0 Å². The van der Waals surface area contributed by atoms with Crippen LogP contribution in [-0.2, 0) is 10.2 Å². The highest BCUT2D eigenvalue weighted by Gasteiger charge is 2.34. The fourth-order valence-electron chi connectivity index (χ4n) is 4.32. The first-order valence-electron chi connectivity index (χ1n) is 14.1. The first-order valence-corrected chi connectivity index (χ1v) is 14.9. The average molecular weight is 590 g/mol. The average Bonchev–Trinajstić information content (AvgIpc) is 3.21. The van der Waals surface area contributed by atoms with Crippen LogP contribution in [0.3, 0.4) is 0 Å². The lowest BCUT2D eigenvalue weighted by Crippen LogP contribution is -2.32. The normalized spacial score (nSPS) is 14.4. The predicted molar refractivity (Wildman–Crippen MR) is 168 cm³/mol. The van der Waals surface area contributed by atoms with E-state index in [0.717, 1.165) is 40.0 Å². The zero-order valence-electron chi connectivity index (χ0n) is 25.2. The summed E-state index contributed by atoms with van der Waals surface area (Å²) in [5.41, 5.74) is 4.17. The molecule has 0 N–H and O–H groups in total. The number of hydrogen-bond acceptors (Lipinski definition) is 7. The molecule has 3 aromatic carbocycles. The molecule has 0 atom stereocenters. The zero-order chi connectivity index (χ0) is 30.3. The quantitative estimate of drug-likeness (QED) is 0.159. The van der Waals surface area contributed by atoms with Gasteiger partial charge < -0.3 is 18.9 Å². The number of amides is 2. The second-order valence-corrected chi connectivity index (χ2v) is 12.1. The van der Waals surface area contributed by atoms with E-state index in [2.05, 4.69) is 32.9 Å². The molecule has 0 radical (unpaired) electrons. The molecule has 0 aromatic heterocycles. The topological polar surface area (TPSA) is 74.3 Å². The van der Waals surface area contributed by atoms with Crippen LogP contribution in [0.4, 0.5) is 4.79 Å². The van der Waals surface area contributed by atoms with Gasteiger partial charge in [0.2, 0.25) is 0 Å². The first kappa shape index (κ1) is 31.0. The van der Waals surface area contributed by atoms with Crippen molar-refractivity contribution in [2.45, 2.75) is 47.0 Å². The smallest absolute Gasteiger partial charge is 0.293 e. The predicted octanol–water partition coefficient (Wildman–Crippen LogP) is 7.57. The molecule has 1 heterocycles. The van der Waals surface area contributed by atoms with E-state index in [4.69, 9.17) is 18.9 Å². The van der Waals surface area contributed by atoms with Gasteiger partial charge in [-0.05, 0) is 96.6 Å². The summed E-state index contributed by atoms with van der Waals surface area (Å²) in [7, 11) is 0. The van der Waals surface area contributed by atoms with Crippen LogP contribution in [0.5, 0.6) is 23.0 Å². The maximum absolute atomic E-state index is 13.0. The molecule has 2 amide bonds. The van der Waals surface area contributed by atoms with Crippen molar-refractivity contribution in [3.63, 3.8) is 0 Å². The van der Waals surface area contributed by atoms with Crippen molar-refractivity contribution in [2.75, 3.05) is 33.0 Å². The highest BCUT2D eigenvalue weighted by Crippen LogP contribution is 2.35. The summed E-state index contributed by atoms with van der Waals surface area (Å²) >= 11 is 0.923. The molecular formula is C34H39NO6S. The number of hydrogen-bond donors (Lipinski definition) is 0. The Morgan fingerprint density at radius 3 is 2.21 bits per heavy atom. The molecule has 3 aromatic rings. The number of benzene rings is 3. The lowest BCUT2D eigenvalue weighted by molar-refractivity contribution is -0.123. The number of imide groups is 1. The molecule has 0 spiro atoms. The van der Waals surface area contributed by atoms with E-state index in [9.17, 15) is 9.59 Å². The maximum Gasteiger partial charge on any atom is 0.293 e. The van der Waals surface area contributed by atoms with Crippen LogP contribution in [0, 0.1) is 13.8 Å². The van der Waals surface area contributed by atoms with E-state index < -0.39 is 0 Å². The standard InChI is InChI=1S/C34H39NO6S/c1-7-38-30-21-25(10-15-28(30)41-19-18-39-27-13-11-26(12-14-27)34(4,5)6)22-31-32(36)35(33(37)42-31)16-17-40-29-20-23(2)8-9-24(29)3/h8-15,20-22H,7,16-19H2,1-6H3/b31-22-. The Hall–Kier alpha value is -3.91. The molecule has 1 fully saturated rings. The van der Waals surface area contributed by atoms with Gasteiger partial charge in [0, 0.05) is 0 Å². The molecular weight excluding hydrogens is 550 g/mol. The van der Waals surface area contributed by atoms with Gasteiger partial charge in [-0.1, -0.05) is 51.1 Å².